The fourth-order valence-electron chi connectivity index (χ4n) is 3.46. The SMILES string of the molecule is C[C@@H]1C(=O)O[C@@H]2CC(c3ccc(Cl)cc3)=NN(C(=O)c3ccccc3)[C@H]12. The summed E-state index contributed by atoms with van der Waals surface area (Å²) < 4.78 is 5.53. The van der Waals surface area contributed by atoms with Gasteiger partial charge >= 0.3 is 5.97 Å². The number of benzene rings is 2. The maximum absolute atomic E-state index is 13.1. The van der Waals surface area contributed by atoms with Crippen LogP contribution in [0.3, 0.4) is 0 Å². The molecule has 0 aromatic heterocycles. The monoisotopic (exact) mass is 368 g/mol. The minimum atomic E-state index is -0.414. The van der Waals surface area contributed by atoms with E-state index in [-0.39, 0.29) is 11.9 Å². The van der Waals surface area contributed by atoms with Crippen LogP contribution in [-0.4, -0.2) is 34.7 Å². The van der Waals surface area contributed by atoms with Gasteiger partial charge in [0.25, 0.3) is 5.91 Å². The van der Waals surface area contributed by atoms with Crippen molar-refractivity contribution in [3.05, 3.63) is 70.7 Å². The highest BCUT2D eigenvalue weighted by Gasteiger charge is 2.50. The third-order valence-corrected chi connectivity index (χ3v) is 5.10. The standard InChI is InChI=1S/C20H17ClN2O3/c1-12-18-17(26-20(12)25)11-16(13-7-9-15(21)10-8-13)22-23(18)19(24)14-5-3-2-4-6-14/h2-10,12,17-18H,11H2,1H3/t12-,17+,18+/m0/s1. The molecule has 4 rings (SSSR count). The summed E-state index contributed by atoms with van der Waals surface area (Å²) in [7, 11) is 0. The number of hydrazone groups is 1. The first kappa shape index (κ1) is 16.8. The molecule has 2 aromatic carbocycles. The minimum absolute atomic E-state index is 0.239. The first-order valence-electron chi connectivity index (χ1n) is 8.47. The van der Waals surface area contributed by atoms with Crippen molar-refractivity contribution in [3.8, 4) is 0 Å². The summed E-state index contributed by atoms with van der Waals surface area (Å²) in [6.07, 6.45) is 0.0781. The quantitative estimate of drug-likeness (QED) is 0.762. The predicted molar refractivity (Wildman–Crippen MR) is 98.0 cm³/mol. The van der Waals surface area contributed by atoms with Gasteiger partial charge in [0.15, 0.2) is 0 Å². The third-order valence-electron chi connectivity index (χ3n) is 4.84. The number of nitrogens with zero attached hydrogens (tertiary/aromatic N) is 2. The molecule has 2 aliphatic heterocycles. The number of rotatable bonds is 2. The van der Waals surface area contributed by atoms with Crippen molar-refractivity contribution in [2.45, 2.75) is 25.5 Å². The highest BCUT2D eigenvalue weighted by Crippen LogP contribution is 2.34. The van der Waals surface area contributed by atoms with Gasteiger partial charge in [0.1, 0.15) is 12.1 Å². The lowest BCUT2D eigenvalue weighted by molar-refractivity contribution is -0.143. The topological polar surface area (TPSA) is 59.0 Å². The van der Waals surface area contributed by atoms with Crippen molar-refractivity contribution < 1.29 is 14.3 Å². The summed E-state index contributed by atoms with van der Waals surface area (Å²) in [5, 5.41) is 6.66. The smallest absolute Gasteiger partial charge is 0.311 e. The van der Waals surface area contributed by atoms with Crippen LogP contribution in [0.25, 0.3) is 0 Å². The van der Waals surface area contributed by atoms with E-state index >= 15 is 0 Å². The van der Waals surface area contributed by atoms with Crippen molar-refractivity contribution in [3.63, 3.8) is 0 Å². The molecule has 0 bridgehead atoms. The summed E-state index contributed by atoms with van der Waals surface area (Å²) in [5.41, 5.74) is 2.09. The van der Waals surface area contributed by atoms with Crippen molar-refractivity contribution in [2.75, 3.05) is 0 Å². The fourth-order valence-corrected chi connectivity index (χ4v) is 3.59. The zero-order valence-corrected chi connectivity index (χ0v) is 14.9. The molecule has 5 nitrogen and oxygen atoms in total. The zero-order valence-electron chi connectivity index (χ0n) is 14.1. The van der Waals surface area contributed by atoms with Gasteiger partial charge in [0.05, 0.1) is 11.6 Å². The molecule has 3 atom stereocenters. The molecule has 1 amide bonds. The fraction of sp³-hybridized carbons (Fsp3) is 0.250. The molecular formula is C20H17ClN2O3. The van der Waals surface area contributed by atoms with Crippen LogP contribution in [0, 0.1) is 5.92 Å². The molecule has 2 aliphatic rings. The third kappa shape index (κ3) is 2.88. The van der Waals surface area contributed by atoms with E-state index in [1.807, 2.05) is 18.2 Å². The maximum Gasteiger partial charge on any atom is 0.311 e. The van der Waals surface area contributed by atoms with Gasteiger partial charge in [-0.25, -0.2) is 5.01 Å². The highest BCUT2D eigenvalue weighted by molar-refractivity contribution is 6.30. The van der Waals surface area contributed by atoms with Gasteiger partial charge in [0.2, 0.25) is 0 Å². The molecular weight excluding hydrogens is 352 g/mol. The normalized spacial score (nSPS) is 24.7. The van der Waals surface area contributed by atoms with Gasteiger partial charge < -0.3 is 4.74 Å². The summed E-state index contributed by atoms with van der Waals surface area (Å²) in [6, 6.07) is 15.8. The molecule has 0 aliphatic carbocycles. The number of carbonyl (C=O) groups is 2. The van der Waals surface area contributed by atoms with E-state index in [9.17, 15) is 9.59 Å². The van der Waals surface area contributed by atoms with E-state index in [2.05, 4.69) is 5.10 Å². The number of ether oxygens (including phenoxy) is 1. The van der Waals surface area contributed by atoms with Gasteiger partial charge in [0, 0.05) is 17.0 Å². The molecule has 0 saturated carbocycles. The van der Waals surface area contributed by atoms with E-state index in [0.717, 1.165) is 5.56 Å². The molecule has 6 heteroatoms. The lowest BCUT2D eigenvalue weighted by Crippen LogP contribution is -2.49. The van der Waals surface area contributed by atoms with Crippen molar-refractivity contribution in [1.29, 1.82) is 0 Å². The van der Waals surface area contributed by atoms with Crippen molar-refractivity contribution in [1.82, 2.24) is 5.01 Å². The average Bonchev–Trinajstić information content (AvgIpc) is 2.96. The lowest BCUT2D eigenvalue weighted by Gasteiger charge is -2.34. The molecule has 0 radical (unpaired) electrons. The minimum Gasteiger partial charge on any atom is -0.459 e. The number of hydrogen-bond donors (Lipinski definition) is 0. The second kappa shape index (κ2) is 6.57. The molecule has 1 saturated heterocycles. The molecule has 0 N–H and O–H groups in total. The molecule has 132 valence electrons. The van der Waals surface area contributed by atoms with Crippen LogP contribution in [-0.2, 0) is 9.53 Å². The van der Waals surface area contributed by atoms with Crippen molar-refractivity contribution >= 4 is 29.2 Å². The summed E-state index contributed by atoms with van der Waals surface area (Å²) in [4.78, 5) is 25.2. The van der Waals surface area contributed by atoms with Gasteiger partial charge in [-0.1, -0.05) is 41.9 Å². The Labute approximate surface area is 156 Å². The molecule has 2 aromatic rings. The average molecular weight is 369 g/mol. The van der Waals surface area contributed by atoms with E-state index < -0.39 is 18.1 Å². The second-order valence-electron chi connectivity index (χ2n) is 6.53. The first-order valence-corrected chi connectivity index (χ1v) is 8.85. The number of fused-ring (bicyclic) bond motifs is 1. The van der Waals surface area contributed by atoms with Crippen molar-refractivity contribution in [2.24, 2.45) is 11.0 Å². The molecule has 0 spiro atoms. The maximum atomic E-state index is 13.1. The molecule has 26 heavy (non-hydrogen) atoms. The largest absolute Gasteiger partial charge is 0.459 e. The lowest BCUT2D eigenvalue weighted by atomic mass is 9.92. The zero-order chi connectivity index (χ0) is 18.3. The predicted octanol–water partition coefficient (Wildman–Crippen LogP) is 3.52. The van der Waals surface area contributed by atoms with Gasteiger partial charge in [-0.2, -0.15) is 5.10 Å². The number of halogens is 1. The Hall–Kier alpha value is -2.66. The number of amides is 1. The summed E-state index contributed by atoms with van der Waals surface area (Å²) in [5.74, 6) is -0.946. The summed E-state index contributed by atoms with van der Waals surface area (Å²) >= 11 is 5.96. The van der Waals surface area contributed by atoms with E-state index in [0.29, 0.717) is 22.7 Å². The van der Waals surface area contributed by atoms with Gasteiger partial charge in [-0.15, -0.1) is 0 Å². The Bertz CT molecular complexity index is 880. The van der Waals surface area contributed by atoms with Crippen LogP contribution in [0.15, 0.2) is 59.7 Å². The van der Waals surface area contributed by atoms with Crippen LogP contribution in [0.5, 0.6) is 0 Å². The van der Waals surface area contributed by atoms with Crippen LogP contribution < -0.4 is 0 Å². The Morgan fingerprint density at radius 2 is 1.85 bits per heavy atom. The molecule has 2 heterocycles. The second-order valence-corrected chi connectivity index (χ2v) is 6.96. The highest BCUT2D eigenvalue weighted by atomic mass is 35.5. The Morgan fingerprint density at radius 3 is 2.54 bits per heavy atom. The van der Waals surface area contributed by atoms with E-state index in [1.54, 1.807) is 43.3 Å². The number of hydrogen-bond acceptors (Lipinski definition) is 4. The molecule has 0 unspecified atom stereocenters. The van der Waals surface area contributed by atoms with Crippen LogP contribution in [0.2, 0.25) is 5.02 Å². The van der Waals surface area contributed by atoms with Gasteiger partial charge in [-0.3, -0.25) is 9.59 Å². The van der Waals surface area contributed by atoms with Crippen LogP contribution in [0.4, 0.5) is 0 Å². The van der Waals surface area contributed by atoms with E-state index in [1.165, 1.54) is 5.01 Å². The number of carbonyl (C=O) groups excluding carboxylic acids is 2. The Kier molecular flexibility index (Phi) is 4.24. The Morgan fingerprint density at radius 1 is 1.15 bits per heavy atom. The van der Waals surface area contributed by atoms with Gasteiger partial charge in [-0.05, 0) is 36.8 Å². The Balaban J connectivity index is 1.76. The first-order chi connectivity index (χ1) is 12.5. The molecule has 1 fully saturated rings. The van der Waals surface area contributed by atoms with E-state index in [4.69, 9.17) is 16.3 Å². The number of esters is 1. The van der Waals surface area contributed by atoms with Crippen LogP contribution in [0.1, 0.15) is 29.3 Å². The van der Waals surface area contributed by atoms with Crippen LogP contribution >= 0.6 is 11.6 Å². The summed E-state index contributed by atoms with van der Waals surface area (Å²) in [6.45, 7) is 1.78.